The van der Waals surface area contributed by atoms with Gasteiger partial charge >= 0.3 is 0 Å². The maximum absolute atomic E-state index is 12.6. The van der Waals surface area contributed by atoms with Gasteiger partial charge in [-0.2, -0.15) is 0 Å². The van der Waals surface area contributed by atoms with Crippen molar-refractivity contribution in [1.29, 1.82) is 0 Å². The molecule has 0 saturated carbocycles. The summed E-state index contributed by atoms with van der Waals surface area (Å²) in [5, 5.41) is 19.4. The zero-order chi connectivity index (χ0) is 26.1. The molecule has 0 fully saturated rings. The Kier molecular flexibility index (Phi) is 14.4. The number of phenols is 1. The molecule has 0 bridgehead atoms. The third-order valence-corrected chi connectivity index (χ3v) is 7.25. The number of carbonyl (C=O) groups excluding carboxylic acids is 1. The Bertz CT molecular complexity index is 858. The molecular formula is C31H49N2O3+. The molecule has 0 heterocycles. The van der Waals surface area contributed by atoms with Gasteiger partial charge in [-0.3, -0.25) is 4.79 Å². The lowest BCUT2D eigenvalue weighted by molar-refractivity contribution is -0.902. The monoisotopic (exact) mass is 497 g/mol. The molecule has 36 heavy (non-hydrogen) atoms. The minimum Gasteiger partial charge on any atom is -0.508 e. The predicted molar refractivity (Wildman–Crippen MR) is 150 cm³/mol. The molecule has 200 valence electrons. The number of para-hydroxylation sites is 1. The second-order valence-corrected chi connectivity index (χ2v) is 10.6. The molecule has 5 heteroatoms. The molecule has 0 saturated heterocycles. The number of hydrogen-bond donors (Lipinski definition) is 2. The van der Waals surface area contributed by atoms with E-state index in [9.17, 15) is 15.0 Å². The highest BCUT2D eigenvalue weighted by atomic mass is 16.3. The Morgan fingerprint density at radius 3 is 2.00 bits per heavy atom. The molecule has 1 unspecified atom stereocenters. The number of aliphatic hydroxyl groups excluding tert-OH is 1. The van der Waals surface area contributed by atoms with Gasteiger partial charge in [0.15, 0.2) is 0 Å². The van der Waals surface area contributed by atoms with E-state index in [2.05, 4.69) is 19.0 Å². The lowest BCUT2D eigenvalue weighted by Gasteiger charge is -2.33. The molecule has 0 spiro atoms. The molecular weight excluding hydrogens is 448 g/mol. The van der Waals surface area contributed by atoms with Gasteiger partial charge in [0.05, 0.1) is 20.2 Å². The molecule has 0 aliphatic carbocycles. The van der Waals surface area contributed by atoms with Crippen LogP contribution in [0.5, 0.6) is 5.75 Å². The number of unbranched alkanes of at least 4 members (excludes halogenated alkanes) is 8. The summed E-state index contributed by atoms with van der Waals surface area (Å²) < 4.78 is 0.616. The zero-order valence-electron chi connectivity index (χ0n) is 22.7. The molecule has 2 N–H and O–H groups in total. The van der Waals surface area contributed by atoms with Crippen molar-refractivity contribution in [2.45, 2.75) is 64.2 Å². The molecule has 0 aliphatic heterocycles. The second kappa shape index (κ2) is 17.3. The first-order chi connectivity index (χ1) is 17.4. The van der Waals surface area contributed by atoms with Crippen molar-refractivity contribution in [2.75, 3.05) is 53.4 Å². The van der Waals surface area contributed by atoms with Crippen molar-refractivity contribution < 1.29 is 19.5 Å². The van der Waals surface area contributed by atoms with E-state index < -0.39 is 0 Å². The van der Waals surface area contributed by atoms with Gasteiger partial charge in [-0.05, 0) is 50.9 Å². The van der Waals surface area contributed by atoms with E-state index in [0.29, 0.717) is 23.3 Å². The largest absolute Gasteiger partial charge is 0.508 e. The number of rotatable bonds is 20. The number of Topliss-reactive ketones (excluding diaryl/α,β-unsaturated/α-hetero) is 1. The summed E-state index contributed by atoms with van der Waals surface area (Å²) in [4.78, 5) is 15.0. The van der Waals surface area contributed by atoms with Crippen LogP contribution in [0.3, 0.4) is 0 Å². The lowest BCUT2D eigenvalue weighted by atomic mass is 10.1. The van der Waals surface area contributed by atoms with Crippen LogP contribution >= 0.6 is 0 Å². The molecule has 1 atom stereocenters. The topological polar surface area (TPSA) is 60.8 Å². The molecule has 2 aromatic rings. The van der Waals surface area contributed by atoms with Gasteiger partial charge in [0, 0.05) is 12.1 Å². The van der Waals surface area contributed by atoms with E-state index in [4.69, 9.17) is 0 Å². The zero-order valence-corrected chi connectivity index (χ0v) is 22.7. The summed E-state index contributed by atoms with van der Waals surface area (Å²) in [5.41, 5.74) is 1.79. The van der Waals surface area contributed by atoms with E-state index in [-0.39, 0.29) is 12.4 Å². The van der Waals surface area contributed by atoms with Crippen LogP contribution in [0.1, 0.15) is 73.7 Å². The van der Waals surface area contributed by atoms with Crippen LogP contribution < -0.4 is 0 Å². The average Bonchev–Trinajstić information content (AvgIpc) is 2.87. The number of carbonyl (C=O) groups is 1. The SMILES string of the molecule is CN(CCCCCCCCCCC[N+](C)(CCO)CC(=O)c1ccccc1)CCc1ccccc1O. The first-order valence-electron chi connectivity index (χ1n) is 13.9. The van der Waals surface area contributed by atoms with Crippen molar-refractivity contribution in [3.8, 4) is 5.75 Å². The number of hydrogen-bond acceptors (Lipinski definition) is 4. The highest BCUT2D eigenvalue weighted by molar-refractivity contribution is 5.96. The van der Waals surface area contributed by atoms with Gasteiger partial charge in [-0.15, -0.1) is 0 Å². The minimum atomic E-state index is 0.116. The molecule has 0 aliphatic rings. The Balaban J connectivity index is 1.47. The molecule has 0 aromatic heterocycles. The van der Waals surface area contributed by atoms with Gasteiger partial charge in [-0.1, -0.05) is 87.1 Å². The molecule has 2 aromatic carbocycles. The van der Waals surface area contributed by atoms with Crippen molar-refractivity contribution in [3.63, 3.8) is 0 Å². The highest BCUT2D eigenvalue weighted by Gasteiger charge is 2.25. The average molecular weight is 498 g/mol. The van der Waals surface area contributed by atoms with E-state index in [1.807, 2.05) is 48.5 Å². The first kappa shape index (κ1) is 30.0. The Hall–Kier alpha value is -2.21. The van der Waals surface area contributed by atoms with E-state index in [0.717, 1.165) is 43.6 Å². The summed E-state index contributed by atoms with van der Waals surface area (Å²) >= 11 is 0. The fourth-order valence-electron chi connectivity index (χ4n) is 4.83. The van der Waals surface area contributed by atoms with Gasteiger partial charge < -0.3 is 19.6 Å². The van der Waals surface area contributed by atoms with E-state index >= 15 is 0 Å². The van der Waals surface area contributed by atoms with Gasteiger partial charge in [-0.25, -0.2) is 0 Å². The molecule has 0 amide bonds. The van der Waals surface area contributed by atoms with Crippen LogP contribution in [-0.4, -0.2) is 78.8 Å². The number of aliphatic hydroxyl groups is 1. The van der Waals surface area contributed by atoms with Crippen molar-refractivity contribution >= 4 is 5.78 Å². The summed E-state index contributed by atoms with van der Waals surface area (Å²) in [6.07, 6.45) is 12.2. The lowest BCUT2D eigenvalue weighted by Crippen LogP contribution is -2.50. The summed E-state index contributed by atoms with van der Waals surface area (Å²) in [7, 11) is 4.27. The number of nitrogens with zero attached hydrogens (tertiary/aromatic N) is 2. The van der Waals surface area contributed by atoms with Crippen LogP contribution in [0.25, 0.3) is 0 Å². The number of benzene rings is 2. The van der Waals surface area contributed by atoms with Crippen LogP contribution in [-0.2, 0) is 6.42 Å². The smallest absolute Gasteiger partial charge is 0.216 e. The Morgan fingerprint density at radius 1 is 0.778 bits per heavy atom. The Morgan fingerprint density at radius 2 is 1.36 bits per heavy atom. The number of likely N-dealkylation sites (N-methyl/N-ethyl adjacent to an activating group) is 2. The molecule has 5 nitrogen and oxygen atoms in total. The number of aromatic hydroxyl groups is 1. The van der Waals surface area contributed by atoms with Crippen molar-refractivity contribution in [3.05, 3.63) is 65.7 Å². The van der Waals surface area contributed by atoms with Gasteiger partial charge in [0.25, 0.3) is 0 Å². The summed E-state index contributed by atoms with van der Waals surface area (Å²) in [6, 6.07) is 17.1. The van der Waals surface area contributed by atoms with Gasteiger partial charge in [0.2, 0.25) is 5.78 Å². The van der Waals surface area contributed by atoms with E-state index in [1.165, 1.54) is 51.4 Å². The maximum Gasteiger partial charge on any atom is 0.216 e. The summed E-state index contributed by atoms with van der Waals surface area (Å²) in [6.45, 7) is 4.23. The fraction of sp³-hybridized carbons (Fsp3) is 0.581. The van der Waals surface area contributed by atoms with Crippen LogP contribution in [0.2, 0.25) is 0 Å². The van der Waals surface area contributed by atoms with Crippen LogP contribution in [0, 0.1) is 0 Å². The quantitative estimate of drug-likeness (QED) is 0.140. The van der Waals surface area contributed by atoms with Crippen molar-refractivity contribution in [2.24, 2.45) is 0 Å². The van der Waals surface area contributed by atoms with E-state index in [1.54, 1.807) is 6.07 Å². The third kappa shape index (κ3) is 12.2. The number of ketones is 1. The second-order valence-electron chi connectivity index (χ2n) is 10.6. The number of phenolic OH excluding ortho intramolecular Hbond substituents is 1. The standard InChI is InChI=1S/C31H48N2O3/c1-32(23-21-29-19-13-14-20-30(29)35)22-15-8-6-4-3-5-7-9-16-24-33(2,25-26-34)27-31(36)28-17-11-10-12-18-28/h10-14,17-20,34H,3-9,15-16,21-27H2,1-2H3/p+1. The normalized spacial score (nSPS) is 13.1. The maximum atomic E-state index is 12.6. The van der Waals surface area contributed by atoms with Crippen molar-refractivity contribution in [1.82, 2.24) is 4.90 Å². The van der Waals surface area contributed by atoms with Crippen LogP contribution in [0.15, 0.2) is 54.6 Å². The molecule has 2 rings (SSSR count). The van der Waals surface area contributed by atoms with Gasteiger partial charge in [0.1, 0.15) is 18.8 Å². The Labute approximate surface area is 219 Å². The third-order valence-electron chi connectivity index (χ3n) is 7.25. The minimum absolute atomic E-state index is 0.116. The van der Waals surface area contributed by atoms with Crippen LogP contribution in [0.4, 0.5) is 0 Å². The first-order valence-corrected chi connectivity index (χ1v) is 13.9. The fourth-order valence-corrected chi connectivity index (χ4v) is 4.83. The summed E-state index contributed by atoms with van der Waals surface area (Å²) in [5.74, 6) is 0.565. The molecule has 0 radical (unpaired) electrons. The number of quaternary nitrogens is 1. The predicted octanol–water partition coefficient (Wildman–Crippen LogP) is 5.70. The highest BCUT2D eigenvalue weighted by Crippen LogP contribution is 2.17.